The van der Waals surface area contributed by atoms with E-state index in [0.29, 0.717) is 42.2 Å². The number of benzene rings is 1. The molecule has 3 aromatic rings. The topological polar surface area (TPSA) is 88.8 Å². The second-order valence-corrected chi connectivity index (χ2v) is 7.05. The maximum Gasteiger partial charge on any atom is 0.167 e. The molecule has 0 spiro atoms. The number of aromatic nitrogens is 3. The largest absolute Gasteiger partial charge is 0.491 e. The van der Waals surface area contributed by atoms with Crippen molar-refractivity contribution in [3.63, 3.8) is 0 Å². The molecule has 8 nitrogen and oxygen atoms in total. The molecule has 1 atom stereocenters. The summed E-state index contributed by atoms with van der Waals surface area (Å²) in [5.74, 6) is 0.154. The first kappa shape index (κ1) is 18.9. The number of hydrogen-bond acceptors (Lipinski definition) is 6. The van der Waals surface area contributed by atoms with Crippen LogP contribution in [0, 0.1) is 5.82 Å². The van der Waals surface area contributed by atoms with Crippen molar-refractivity contribution in [2.24, 2.45) is 0 Å². The molecule has 1 aromatic carbocycles. The number of rotatable bonds is 8. The lowest BCUT2D eigenvalue weighted by Crippen LogP contribution is -2.23. The highest BCUT2D eigenvalue weighted by Gasteiger charge is 2.19. The van der Waals surface area contributed by atoms with E-state index in [-0.39, 0.29) is 4.90 Å². The van der Waals surface area contributed by atoms with E-state index in [1.54, 1.807) is 26.4 Å². The summed E-state index contributed by atoms with van der Waals surface area (Å²) in [6.45, 7) is 0.936. The fraction of sp³-hybridized carbons (Fsp3) is 0.235. The lowest BCUT2D eigenvalue weighted by atomic mass is 10.3. The summed E-state index contributed by atoms with van der Waals surface area (Å²) in [6.07, 6.45) is 3.65. The van der Waals surface area contributed by atoms with Gasteiger partial charge < -0.3 is 10.1 Å². The van der Waals surface area contributed by atoms with Gasteiger partial charge in [0.2, 0.25) is 0 Å². The molecular formula is C17H18FN5O3S. The molecule has 0 aliphatic heterocycles. The summed E-state index contributed by atoms with van der Waals surface area (Å²) >= 11 is 0. The van der Waals surface area contributed by atoms with Gasteiger partial charge in [0.05, 0.1) is 11.8 Å². The third-order valence-electron chi connectivity index (χ3n) is 3.78. The molecule has 0 aliphatic carbocycles. The summed E-state index contributed by atoms with van der Waals surface area (Å²) in [5.41, 5.74) is 0.661. The quantitative estimate of drug-likeness (QED) is 0.462. The first-order valence-corrected chi connectivity index (χ1v) is 9.18. The number of halogens is 1. The van der Waals surface area contributed by atoms with Crippen LogP contribution in [0.1, 0.15) is 10.4 Å². The monoisotopic (exact) mass is 391 g/mol. The smallest absolute Gasteiger partial charge is 0.167 e. The second-order valence-electron chi connectivity index (χ2n) is 5.56. The maximum absolute atomic E-state index is 13.7. The van der Waals surface area contributed by atoms with Gasteiger partial charge in [-0.15, -0.1) is 0 Å². The average Bonchev–Trinajstić information content (AvgIpc) is 3.10. The van der Waals surface area contributed by atoms with Crippen molar-refractivity contribution in [3.8, 4) is 5.75 Å². The molecule has 0 radical (unpaired) electrons. The van der Waals surface area contributed by atoms with Gasteiger partial charge in [-0.05, 0) is 25.2 Å². The first-order chi connectivity index (χ1) is 13.0. The lowest BCUT2D eigenvalue weighted by molar-refractivity contribution is 0.112. The fourth-order valence-corrected chi connectivity index (χ4v) is 3.45. The SMILES string of the molecule is CNCCOc1ccc(F)cc1S(=O)N(C)c1ccn2ncc(C=O)c2n1. The molecule has 0 amide bonds. The van der Waals surface area contributed by atoms with Gasteiger partial charge in [-0.25, -0.2) is 18.1 Å². The number of likely N-dealkylation sites (N-methyl/N-ethyl adjacent to an activating group) is 1. The zero-order valence-corrected chi connectivity index (χ0v) is 15.6. The Bertz CT molecular complexity index is 994. The van der Waals surface area contributed by atoms with E-state index >= 15 is 0 Å². The molecule has 1 unspecified atom stereocenters. The Hall–Kier alpha value is -2.85. The Morgan fingerprint density at radius 1 is 1.41 bits per heavy atom. The van der Waals surface area contributed by atoms with Crippen LogP contribution in [0.15, 0.2) is 41.6 Å². The minimum Gasteiger partial charge on any atom is -0.491 e. The Kier molecular flexibility index (Phi) is 5.77. The fourth-order valence-electron chi connectivity index (χ4n) is 2.37. The number of nitrogens with one attached hydrogen (secondary N) is 1. The van der Waals surface area contributed by atoms with Crippen LogP contribution in [-0.2, 0) is 11.0 Å². The molecule has 27 heavy (non-hydrogen) atoms. The third kappa shape index (κ3) is 3.96. The Labute approximate surface area is 157 Å². The molecule has 2 aromatic heterocycles. The molecule has 0 saturated heterocycles. The summed E-state index contributed by atoms with van der Waals surface area (Å²) < 4.78 is 35.2. The van der Waals surface area contributed by atoms with Gasteiger partial charge in [0.25, 0.3) is 0 Å². The second kappa shape index (κ2) is 8.23. The first-order valence-electron chi connectivity index (χ1n) is 8.07. The summed E-state index contributed by atoms with van der Waals surface area (Å²) in [6, 6.07) is 5.48. The number of carbonyl (C=O) groups is 1. The van der Waals surface area contributed by atoms with Crippen LogP contribution >= 0.6 is 0 Å². The number of carbonyl (C=O) groups excluding carboxylic acids is 1. The van der Waals surface area contributed by atoms with Crippen LogP contribution in [0.25, 0.3) is 5.65 Å². The molecule has 1 N–H and O–H groups in total. The number of aldehydes is 1. The van der Waals surface area contributed by atoms with Gasteiger partial charge in [0.15, 0.2) is 22.9 Å². The van der Waals surface area contributed by atoms with Gasteiger partial charge in [0, 0.05) is 25.9 Å². The van der Waals surface area contributed by atoms with Crippen molar-refractivity contribution in [2.45, 2.75) is 4.90 Å². The highest BCUT2D eigenvalue weighted by molar-refractivity contribution is 7.86. The molecule has 0 bridgehead atoms. The molecule has 0 fully saturated rings. The van der Waals surface area contributed by atoms with Gasteiger partial charge >= 0.3 is 0 Å². The summed E-state index contributed by atoms with van der Waals surface area (Å²) in [5, 5.41) is 6.95. The van der Waals surface area contributed by atoms with Crippen molar-refractivity contribution >= 4 is 28.7 Å². The number of ether oxygens (including phenoxy) is 1. The third-order valence-corrected chi connectivity index (χ3v) is 5.16. The van der Waals surface area contributed by atoms with Crippen LogP contribution < -0.4 is 14.4 Å². The van der Waals surface area contributed by atoms with Crippen LogP contribution in [-0.4, -0.2) is 52.3 Å². The molecule has 0 saturated carbocycles. The zero-order chi connectivity index (χ0) is 19.4. The maximum atomic E-state index is 13.7. The number of anilines is 1. The van der Waals surface area contributed by atoms with E-state index in [1.807, 2.05) is 0 Å². The van der Waals surface area contributed by atoms with Crippen molar-refractivity contribution in [3.05, 3.63) is 48.0 Å². The van der Waals surface area contributed by atoms with Crippen molar-refractivity contribution in [2.75, 3.05) is 31.6 Å². The summed E-state index contributed by atoms with van der Waals surface area (Å²) in [7, 11) is 1.57. The van der Waals surface area contributed by atoms with Crippen LogP contribution in [0.4, 0.5) is 10.2 Å². The molecular weight excluding hydrogens is 373 g/mol. The van der Waals surface area contributed by atoms with E-state index in [2.05, 4.69) is 15.4 Å². The normalized spacial score (nSPS) is 12.1. The standard InChI is InChI=1S/C17H18FN5O3S/c1-19-6-8-26-14-4-3-13(18)9-15(14)27(25)22(2)16-5-7-23-17(21-16)12(11-24)10-20-23/h3-5,7,9-11,19H,6,8H2,1-2H3. The molecule has 142 valence electrons. The highest BCUT2D eigenvalue weighted by atomic mass is 32.2. The number of hydrogen-bond donors (Lipinski definition) is 1. The minimum absolute atomic E-state index is 0.194. The molecule has 3 rings (SSSR count). The Morgan fingerprint density at radius 3 is 2.96 bits per heavy atom. The Morgan fingerprint density at radius 2 is 2.22 bits per heavy atom. The van der Waals surface area contributed by atoms with Gasteiger partial charge in [0.1, 0.15) is 28.9 Å². The van der Waals surface area contributed by atoms with E-state index in [9.17, 15) is 13.4 Å². The van der Waals surface area contributed by atoms with E-state index < -0.39 is 16.8 Å². The number of nitrogens with zero attached hydrogens (tertiary/aromatic N) is 4. The Balaban J connectivity index is 1.93. The minimum atomic E-state index is -1.78. The molecule has 10 heteroatoms. The van der Waals surface area contributed by atoms with Crippen LogP contribution in [0.2, 0.25) is 0 Å². The predicted octanol–water partition coefficient (Wildman–Crippen LogP) is 1.44. The molecule has 0 aliphatic rings. The van der Waals surface area contributed by atoms with Crippen LogP contribution in [0.5, 0.6) is 5.75 Å². The highest BCUT2D eigenvalue weighted by Crippen LogP contribution is 2.27. The van der Waals surface area contributed by atoms with E-state index in [0.717, 1.165) is 0 Å². The lowest BCUT2D eigenvalue weighted by Gasteiger charge is -2.19. The van der Waals surface area contributed by atoms with Gasteiger partial charge in [-0.3, -0.25) is 9.10 Å². The molecule has 2 heterocycles. The van der Waals surface area contributed by atoms with Crippen molar-refractivity contribution < 1.29 is 18.1 Å². The zero-order valence-electron chi connectivity index (χ0n) is 14.8. The predicted molar refractivity (Wildman–Crippen MR) is 99.0 cm³/mol. The van der Waals surface area contributed by atoms with Crippen LogP contribution in [0.3, 0.4) is 0 Å². The summed E-state index contributed by atoms with van der Waals surface area (Å²) in [4.78, 5) is 15.6. The van der Waals surface area contributed by atoms with Gasteiger partial charge in [-0.2, -0.15) is 5.10 Å². The number of fused-ring (bicyclic) bond motifs is 1. The van der Waals surface area contributed by atoms with E-state index in [1.165, 1.54) is 33.2 Å². The van der Waals surface area contributed by atoms with Crippen molar-refractivity contribution in [1.29, 1.82) is 0 Å². The van der Waals surface area contributed by atoms with Crippen molar-refractivity contribution in [1.82, 2.24) is 19.9 Å². The average molecular weight is 391 g/mol. The van der Waals surface area contributed by atoms with Gasteiger partial charge in [-0.1, -0.05) is 0 Å². The van der Waals surface area contributed by atoms with E-state index in [4.69, 9.17) is 4.74 Å².